The third kappa shape index (κ3) is 1.36. The Balaban J connectivity index is 2.09. The number of carbonyl (C=O) groups is 2. The third-order valence-corrected chi connectivity index (χ3v) is 4.83. The topological polar surface area (TPSA) is 43.4 Å². The first kappa shape index (κ1) is 11.7. The van der Waals surface area contributed by atoms with Gasteiger partial charge in [-0.2, -0.15) is 0 Å². The number of allylic oxidation sites excluding steroid dienone is 3. The van der Waals surface area contributed by atoms with Crippen molar-refractivity contribution < 1.29 is 14.3 Å². The van der Waals surface area contributed by atoms with Gasteiger partial charge in [-0.1, -0.05) is 24.1 Å². The van der Waals surface area contributed by atoms with Crippen molar-refractivity contribution in [3.8, 4) is 0 Å². The largest absolute Gasteiger partial charge is 0.468 e. The Labute approximate surface area is 107 Å². The van der Waals surface area contributed by atoms with E-state index in [-0.39, 0.29) is 23.6 Å². The maximum atomic E-state index is 12.3. The van der Waals surface area contributed by atoms with Crippen LogP contribution in [0, 0.1) is 17.3 Å². The second-order valence-corrected chi connectivity index (χ2v) is 5.53. The second-order valence-electron chi connectivity index (χ2n) is 5.53. The molecule has 0 unspecified atom stereocenters. The molecule has 0 aromatic carbocycles. The van der Waals surface area contributed by atoms with E-state index in [1.165, 1.54) is 19.1 Å². The van der Waals surface area contributed by atoms with E-state index in [1.54, 1.807) is 6.08 Å². The van der Waals surface area contributed by atoms with Crippen LogP contribution in [0.5, 0.6) is 0 Å². The minimum atomic E-state index is -0.698. The molecule has 1 saturated carbocycles. The van der Waals surface area contributed by atoms with Gasteiger partial charge in [0.25, 0.3) is 0 Å². The van der Waals surface area contributed by atoms with Gasteiger partial charge in [0.15, 0.2) is 5.78 Å². The number of fused-ring (bicyclic) bond motifs is 3. The lowest BCUT2D eigenvalue weighted by Crippen LogP contribution is -2.47. The number of hydrogen-bond donors (Lipinski definition) is 0. The van der Waals surface area contributed by atoms with Gasteiger partial charge in [-0.15, -0.1) is 0 Å². The van der Waals surface area contributed by atoms with Gasteiger partial charge in [-0.3, -0.25) is 9.59 Å². The number of methoxy groups -OCH3 is 1. The number of carbonyl (C=O) groups excluding carboxylic acids is 2. The zero-order chi connectivity index (χ0) is 12.8. The second kappa shape index (κ2) is 4.08. The Morgan fingerprint density at radius 1 is 1.39 bits per heavy atom. The summed E-state index contributed by atoms with van der Waals surface area (Å²) in [5, 5.41) is 0. The fraction of sp³-hybridized carbons (Fsp3) is 0.600. The van der Waals surface area contributed by atoms with Crippen molar-refractivity contribution in [2.24, 2.45) is 17.3 Å². The van der Waals surface area contributed by atoms with Crippen molar-refractivity contribution in [1.82, 2.24) is 0 Å². The monoisotopic (exact) mass is 246 g/mol. The summed E-state index contributed by atoms with van der Waals surface area (Å²) >= 11 is 0. The van der Waals surface area contributed by atoms with E-state index in [0.717, 1.165) is 19.3 Å². The minimum absolute atomic E-state index is 0.0845. The molecule has 0 N–H and O–H groups in total. The van der Waals surface area contributed by atoms with E-state index < -0.39 is 5.41 Å². The first-order valence-electron chi connectivity index (χ1n) is 6.70. The maximum Gasteiger partial charge on any atom is 0.317 e. The maximum absolute atomic E-state index is 12.3. The Kier molecular flexibility index (Phi) is 2.65. The van der Waals surface area contributed by atoms with Gasteiger partial charge in [-0.05, 0) is 31.8 Å². The van der Waals surface area contributed by atoms with E-state index in [2.05, 4.69) is 6.08 Å². The summed E-state index contributed by atoms with van der Waals surface area (Å²) in [7, 11) is 1.42. The summed E-state index contributed by atoms with van der Waals surface area (Å²) in [5.74, 6) is -0.190. The number of hydrogen-bond acceptors (Lipinski definition) is 3. The lowest BCUT2D eigenvalue weighted by atomic mass is 9.58. The van der Waals surface area contributed by atoms with Crippen LogP contribution >= 0.6 is 0 Å². The van der Waals surface area contributed by atoms with E-state index in [0.29, 0.717) is 6.42 Å². The highest BCUT2D eigenvalue weighted by Gasteiger charge is 2.58. The molecule has 0 heterocycles. The predicted molar refractivity (Wildman–Crippen MR) is 66.7 cm³/mol. The SMILES string of the molecule is COC(=O)[C@]12C=CC(=O)[C@H]1CC=C1CCCC[C@H]12. The zero-order valence-corrected chi connectivity index (χ0v) is 10.6. The first-order valence-corrected chi connectivity index (χ1v) is 6.70. The van der Waals surface area contributed by atoms with Gasteiger partial charge in [0.05, 0.1) is 7.11 Å². The average Bonchev–Trinajstić information content (AvgIpc) is 2.77. The molecule has 3 aliphatic carbocycles. The van der Waals surface area contributed by atoms with Crippen molar-refractivity contribution in [3.05, 3.63) is 23.8 Å². The molecule has 3 atom stereocenters. The van der Waals surface area contributed by atoms with Crippen molar-refractivity contribution in [1.29, 1.82) is 0 Å². The number of ketones is 1. The number of ether oxygens (including phenoxy) is 1. The molecule has 0 aromatic rings. The molecule has 0 aromatic heterocycles. The molecule has 3 nitrogen and oxygen atoms in total. The average molecular weight is 246 g/mol. The van der Waals surface area contributed by atoms with Crippen molar-refractivity contribution in [3.63, 3.8) is 0 Å². The predicted octanol–water partition coefficient (Wildman–Crippen LogP) is 2.42. The summed E-state index contributed by atoms with van der Waals surface area (Å²) in [6.45, 7) is 0. The Hall–Kier alpha value is -1.38. The molecular formula is C15H18O3. The van der Waals surface area contributed by atoms with Crippen LogP contribution in [0.15, 0.2) is 23.8 Å². The van der Waals surface area contributed by atoms with E-state index in [1.807, 2.05) is 6.08 Å². The molecule has 3 aliphatic rings. The standard InChI is InChI=1S/C15H18O3/c1-18-14(17)15-9-8-13(16)12(15)7-6-10-4-2-3-5-11(10)15/h6,8-9,11-12H,2-5,7H2,1H3/t11-,12-,15+/m1/s1. The molecular weight excluding hydrogens is 228 g/mol. The van der Waals surface area contributed by atoms with E-state index in [4.69, 9.17) is 4.74 Å². The van der Waals surface area contributed by atoms with Crippen LogP contribution in [0.2, 0.25) is 0 Å². The summed E-state index contributed by atoms with van der Waals surface area (Å²) in [6.07, 6.45) is 10.7. The van der Waals surface area contributed by atoms with Crippen molar-refractivity contribution in [2.75, 3.05) is 7.11 Å². The fourth-order valence-electron chi connectivity index (χ4n) is 3.98. The lowest BCUT2D eigenvalue weighted by Gasteiger charge is -2.44. The summed E-state index contributed by atoms with van der Waals surface area (Å²) < 4.78 is 5.02. The van der Waals surface area contributed by atoms with Crippen LogP contribution in [0.1, 0.15) is 32.1 Å². The van der Waals surface area contributed by atoms with Crippen LogP contribution in [0.25, 0.3) is 0 Å². The molecule has 0 spiro atoms. The van der Waals surface area contributed by atoms with Crippen molar-refractivity contribution in [2.45, 2.75) is 32.1 Å². The molecule has 0 aliphatic heterocycles. The molecule has 96 valence electrons. The van der Waals surface area contributed by atoms with Gasteiger partial charge < -0.3 is 4.74 Å². The Bertz CT molecular complexity index is 460. The molecule has 0 amide bonds. The summed E-state index contributed by atoms with van der Waals surface area (Å²) in [5.41, 5.74) is 0.665. The van der Waals surface area contributed by atoms with Gasteiger partial charge in [0, 0.05) is 11.8 Å². The van der Waals surface area contributed by atoms with Crippen LogP contribution in [-0.2, 0) is 14.3 Å². The zero-order valence-electron chi connectivity index (χ0n) is 10.6. The van der Waals surface area contributed by atoms with Crippen LogP contribution in [0.4, 0.5) is 0 Å². The number of esters is 1. The van der Waals surface area contributed by atoms with Gasteiger partial charge in [0.1, 0.15) is 5.41 Å². The van der Waals surface area contributed by atoms with Gasteiger partial charge >= 0.3 is 5.97 Å². The molecule has 0 bridgehead atoms. The Morgan fingerprint density at radius 3 is 3.00 bits per heavy atom. The Morgan fingerprint density at radius 2 is 2.22 bits per heavy atom. The fourth-order valence-corrected chi connectivity index (χ4v) is 3.98. The van der Waals surface area contributed by atoms with Crippen LogP contribution < -0.4 is 0 Å². The smallest absolute Gasteiger partial charge is 0.317 e. The van der Waals surface area contributed by atoms with Crippen molar-refractivity contribution >= 4 is 11.8 Å². The molecule has 3 heteroatoms. The van der Waals surface area contributed by atoms with E-state index >= 15 is 0 Å². The normalized spacial score (nSPS) is 37.8. The van der Waals surface area contributed by atoms with Gasteiger partial charge in [-0.25, -0.2) is 0 Å². The summed E-state index contributed by atoms with van der Waals surface area (Å²) in [6, 6.07) is 0. The number of rotatable bonds is 1. The highest BCUT2D eigenvalue weighted by Crippen LogP contribution is 2.55. The molecule has 3 rings (SSSR count). The van der Waals surface area contributed by atoms with E-state index in [9.17, 15) is 9.59 Å². The quantitative estimate of drug-likeness (QED) is 0.527. The molecule has 1 fully saturated rings. The summed E-state index contributed by atoms with van der Waals surface area (Å²) in [4.78, 5) is 24.3. The molecule has 18 heavy (non-hydrogen) atoms. The minimum Gasteiger partial charge on any atom is -0.468 e. The highest BCUT2D eigenvalue weighted by molar-refractivity contribution is 6.02. The van der Waals surface area contributed by atoms with Crippen LogP contribution in [-0.4, -0.2) is 18.9 Å². The highest BCUT2D eigenvalue weighted by atomic mass is 16.5. The third-order valence-electron chi connectivity index (χ3n) is 4.83. The lowest BCUT2D eigenvalue weighted by molar-refractivity contribution is -0.158. The first-order chi connectivity index (χ1) is 8.70. The van der Waals surface area contributed by atoms with Gasteiger partial charge in [0.2, 0.25) is 0 Å². The molecule has 0 radical (unpaired) electrons. The molecule has 0 saturated heterocycles. The van der Waals surface area contributed by atoms with Crippen LogP contribution in [0.3, 0.4) is 0 Å².